The van der Waals surface area contributed by atoms with Gasteiger partial charge >= 0.3 is 5.97 Å². The molecule has 156 valence electrons. The Hall–Kier alpha value is -3.62. The van der Waals surface area contributed by atoms with Crippen LogP contribution in [0.4, 0.5) is 5.82 Å². The van der Waals surface area contributed by atoms with E-state index in [0.29, 0.717) is 28.3 Å². The van der Waals surface area contributed by atoms with Crippen molar-refractivity contribution in [2.24, 2.45) is 0 Å². The number of esters is 1. The van der Waals surface area contributed by atoms with E-state index >= 15 is 0 Å². The SMILES string of the molecule is CCOC(=O)Cn1nc(C)c2c1NC(=O)C[C@H]2c1cc2ccc(OC)cc2[nH]c1=O. The van der Waals surface area contributed by atoms with E-state index in [1.165, 1.54) is 4.68 Å². The van der Waals surface area contributed by atoms with Crippen LogP contribution in [0.1, 0.15) is 36.1 Å². The number of nitrogens with zero attached hydrogens (tertiary/aromatic N) is 2. The van der Waals surface area contributed by atoms with Gasteiger partial charge in [-0.2, -0.15) is 5.10 Å². The largest absolute Gasteiger partial charge is 0.497 e. The van der Waals surface area contributed by atoms with Crippen molar-refractivity contribution >= 4 is 28.6 Å². The van der Waals surface area contributed by atoms with Crippen LogP contribution < -0.4 is 15.6 Å². The lowest BCUT2D eigenvalue weighted by Crippen LogP contribution is -2.29. The van der Waals surface area contributed by atoms with Crippen LogP contribution in [0.5, 0.6) is 5.75 Å². The van der Waals surface area contributed by atoms with Gasteiger partial charge in [-0.3, -0.25) is 14.4 Å². The van der Waals surface area contributed by atoms with Gasteiger partial charge in [-0.1, -0.05) is 0 Å². The van der Waals surface area contributed by atoms with Crippen LogP contribution >= 0.6 is 0 Å². The molecule has 0 fully saturated rings. The number of hydrogen-bond donors (Lipinski definition) is 2. The third kappa shape index (κ3) is 3.42. The van der Waals surface area contributed by atoms with Gasteiger partial charge in [0.15, 0.2) is 0 Å². The van der Waals surface area contributed by atoms with Crippen molar-refractivity contribution in [2.45, 2.75) is 32.7 Å². The Balaban J connectivity index is 1.81. The number of H-pyrrole nitrogens is 1. The van der Waals surface area contributed by atoms with Gasteiger partial charge in [0.1, 0.15) is 18.1 Å². The Kier molecular flexibility index (Phi) is 5.03. The Labute approximate surface area is 172 Å². The molecule has 9 nitrogen and oxygen atoms in total. The maximum atomic E-state index is 12.9. The number of methoxy groups -OCH3 is 1. The molecular formula is C21H22N4O5. The maximum Gasteiger partial charge on any atom is 0.327 e. The van der Waals surface area contributed by atoms with Gasteiger partial charge in [0.2, 0.25) is 5.91 Å². The third-order valence-electron chi connectivity index (χ3n) is 5.21. The fourth-order valence-corrected chi connectivity index (χ4v) is 3.91. The number of pyridine rings is 1. The number of ether oxygens (including phenoxy) is 2. The first-order valence-corrected chi connectivity index (χ1v) is 9.65. The molecule has 1 aromatic carbocycles. The standard InChI is InChI=1S/C21H22N4O5/c1-4-30-18(27)10-25-20-19(11(2)24-25)14(9-17(26)23-20)15-7-12-5-6-13(29-3)8-16(12)22-21(15)28/h5-8,14H,4,9-10H2,1-3H3,(H,22,28)(H,23,26)/t14-/m0/s1. The smallest absolute Gasteiger partial charge is 0.327 e. The number of aryl methyl sites for hydroxylation is 1. The van der Waals surface area contributed by atoms with Crippen LogP contribution in [0, 0.1) is 6.92 Å². The minimum Gasteiger partial charge on any atom is -0.497 e. The Morgan fingerprint density at radius 1 is 1.30 bits per heavy atom. The lowest BCUT2D eigenvalue weighted by atomic mass is 9.86. The molecule has 4 rings (SSSR count). The van der Waals surface area contributed by atoms with Crippen molar-refractivity contribution in [1.82, 2.24) is 14.8 Å². The zero-order valence-corrected chi connectivity index (χ0v) is 16.9. The first-order chi connectivity index (χ1) is 14.4. The molecule has 1 aliphatic heterocycles. The molecule has 2 N–H and O–H groups in total. The number of amides is 1. The van der Waals surface area contributed by atoms with Crippen LogP contribution in [-0.2, 0) is 20.9 Å². The summed E-state index contributed by atoms with van der Waals surface area (Å²) in [6, 6.07) is 7.21. The van der Waals surface area contributed by atoms with Gasteiger partial charge in [-0.25, -0.2) is 4.68 Å². The van der Waals surface area contributed by atoms with Crippen molar-refractivity contribution in [3.8, 4) is 5.75 Å². The summed E-state index contributed by atoms with van der Waals surface area (Å²) in [6.07, 6.45) is 0.115. The van der Waals surface area contributed by atoms with E-state index in [1.54, 1.807) is 33.1 Å². The second-order valence-electron chi connectivity index (χ2n) is 7.12. The molecule has 0 aliphatic carbocycles. The van der Waals surface area contributed by atoms with E-state index < -0.39 is 11.9 Å². The van der Waals surface area contributed by atoms with E-state index in [4.69, 9.17) is 9.47 Å². The highest BCUT2D eigenvalue weighted by Crippen LogP contribution is 2.38. The van der Waals surface area contributed by atoms with Crippen LogP contribution in [0.15, 0.2) is 29.1 Å². The number of nitrogens with one attached hydrogen (secondary N) is 2. The molecule has 0 radical (unpaired) electrons. The molecule has 30 heavy (non-hydrogen) atoms. The van der Waals surface area contributed by atoms with Gasteiger partial charge in [-0.05, 0) is 37.4 Å². The Morgan fingerprint density at radius 2 is 2.10 bits per heavy atom. The number of hydrogen-bond acceptors (Lipinski definition) is 6. The van der Waals surface area contributed by atoms with Gasteiger partial charge in [0, 0.05) is 29.5 Å². The van der Waals surface area contributed by atoms with Gasteiger partial charge in [-0.15, -0.1) is 0 Å². The minimum absolute atomic E-state index is 0.115. The normalized spacial score (nSPS) is 15.6. The lowest BCUT2D eigenvalue weighted by molar-refractivity contribution is -0.144. The van der Waals surface area contributed by atoms with Crippen molar-refractivity contribution in [1.29, 1.82) is 0 Å². The summed E-state index contributed by atoms with van der Waals surface area (Å²) in [7, 11) is 1.56. The Morgan fingerprint density at radius 3 is 2.83 bits per heavy atom. The highest BCUT2D eigenvalue weighted by Gasteiger charge is 2.34. The highest BCUT2D eigenvalue weighted by molar-refractivity contribution is 5.95. The number of aromatic amines is 1. The summed E-state index contributed by atoms with van der Waals surface area (Å²) < 4.78 is 11.6. The maximum absolute atomic E-state index is 12.9. The quantitative estimate of drug-likeness (QED) is 0.622. The molecule has 2 aromatic heterocycles. The molecule has 0 saturated carbocycles. The zero-order chi connectivity index (χ0) is 21.4. The number of carbonyl (C=O) groups excluding carboxylic acids is 2. The van der Waals surface area contributed by atoms with Crippen LogP contribution in [0.25, 0.3) is 10.9 Å². The predicted molar refractivity (Wildman–Crippen MR) is 110 cm³/mol. The fourth-order valence-electron chi connectivity index (χ4n) is 3.91. The molecule has 0 unspecified atom stereocenters. The first kappa shape index (κ1) is 19.7. The summed E-state index contributed by atoms with van der Waals surface area (Å²) in [5.41, 5.74) is 2.23. The summed E-state index contributed by atoms with van der Waals surface area (Å²) in [4.78, 5) is 40.2. The van der Waals surface area contributed by atoms with E-state index in [1.807, 2.05) is 12.1 Å². The molecular weight excluding hydrogens is 388 g/mol. The summed E-state index contributed by atoms with van der Waals surface area (Å²) in [5, 5.41) is 8.03. The topological polar surface area (TPSA) is 115 Å². The van der Waals surface area contributed by atoms with E-state index in [2.05, 4.69) is 15.4 Å². The number of fused-ring (bicyclic) bond motifs is 2. The van der Waals surface area contributed by atoms with Crippen LogP contribution in [0.3, 0.4) is 0 Å². The summed E-state index contributed by atoms with van der Waals surface area (Å²) >= 11 is 0. The summed E-state index contributed by atoms with van der Waals surface area (Å²) in [6.45, 7) is 3.66. The van der Waals surface area contributed by atoms with Gasteiger partial charge in [0.05, 0.1) is 24.9 Å². The average molecular weight is 410 g/mol. The van der Waals surface area contributed by atoms with E-state index in [9.17, 15) is 14.4 Å². The third-order valence-corrected chi connectivity index (χ3v) is 5.21. The molecule has 0 saturated heterocycles. The second-order valence-corrected chi connectivity index (χ2v) is 7.12. The molecule has 1 amide bonds. The number of aromatic nitrogens is 3. The van der Waals surface area contributed by atoms with Crippen molar-refractivity contribution in [3.63, 3.8) is 0 Å². The number of anilines is 1. The monoisotopic (exact) mass is 410 g/mol. The molecule has 9 heteroatoms. The zero-order valence-electron chi connectivity index (χ0n) is 16.9. The number of carbonyl (C=O) groups is 2. The van der Waals surface area contributed by atoms with Crippen molar-refractivity contribution in [2.75, 3.05) is 19.0 Å². The number of rotatable bonds is 5. The van der Waals surface area contributed by atoms with Crippen molar-refractivity contribution < 1.29 is 19.1 Å². The predicted octanol–water partition coefficient (Wildman–Crippen LogP) is 2.08. The van der Waals surface area contributed by atoms with E-state index in [-0.39, 0.29) is 31.0 Å². The lowest BCUT2D eigenvalue weighted by Gasteiger charge is -2.24. The molecule has 1 aliphatic rings. The van der Waals surface area contributed by atoms with E-state index in [0.717, 1.165) is 10.9 Å². The number of benzene rings is 1. The summed E-state index contributed by atoms with van der Waals surface area (Å²) in [5.74, 6) is -0.0966. The highest BCUT2D eigenvalue weighted by atomic mass is 16.5. The van der Waals surface area contributed by atoms with Crippen LogP contribution in [0.2, 0.25) is 0 Å². The van der Waals surface area contributed by atoms with Crippen molar-refractivity contribution in [3.05, 3.63) is 51.4 Å². The average Bonchev–Trinajstić information content (AvgIpc) is 3.01. The fraction of sp³-hybridized carbons (Fsp3) is 0.333. The molecule has 0 spiro atoms. The molecule has 0 bridgehead atoms. The Bertz CT molecular complexity index is 1210. The molecule has 1 atom stereocenters. The first-order valence-electron chi connectivity index (χ1n) is 9.65. The van der Waals surface area contributed by atoms with Gasteiger partial charge in [0.25, 0.3) is 5.56 Å². The molecule has 3 aromatic rings. The van der Waals surface area contributed by atoms with Crippen LogP contribution in [-0.4, -0.2) is 40.4 Å². The molecule has 3 heterocycles. The van der Waals surface area contributed by atoms with Gasteiger partial charge < -0.3 is 19.8 Å². The second kappa shape index (κ2) is 7.66. The minimum atomic E-state index is -0.472.